The number of carboxylic acids is 2. The molecule has 1 aromatic carbocycles. The van der Waals surface area contributed by atoms with E-state index in [4.69, 9.17) is 25.5 Å². The van der Waals surface area contributed by atoms with Crippen LogP contribution in [0.15, 0.2) is 30.3 Å². The Morgan fingerprint density at radius 3 is 2.13 bits per heavy atom. The number of aliphatic hydroxyl groups excluding tert-OH is 5. The van der Waals surface area contributed by atoms with Crippen molar-refractivity contribution >= 4 is 41.8 Å². The fourth-order valence-corrected chi connectivity index (χ4v) is 5.68. The molecule has 8 atom stereocenters. The van der Waals surface area contributed by atoms with Crippen LogP contribution in [0.3, 0.4) is 0 Å². The van der Waals surface area contributed by atoms with Gasteiger partial charge in [0.15, 0.2) is 12.2 Å². The van der Waals surface area contributed by atoms with Gasteiger partial charge >= 0.3 is 11.9 Å². The molecule has 0 radical (unpaired) electrons. The molecule has 2 aliphatic heterocycles. The van der Waals surface area contributed by atoms with Crippen molar-refractivity contribution in [2.45, 2.75) is 66.4 Å². The minimum atomic E-state index is -1.79. The largest absolute Gasteiger partial charge is 0.480 e. The lowest BCUT2D eigenvalue weighted by molar-refractivity contribution is -0.161. The summed E-state index contributed by atoms with van der Waals surface area (Å²) in [6, 6.07) is 6.10. The number of aldehydes is 1. The van der Waals surface area contributed by atoms with E-state index in [1.165, 1.54) is 28.8 Å². The van der Waals surface area contributed by atoms with Gasteiger partial charge in [-0.1, -0.05) is 30.3 Å². The molecule has 210 valence electrons. The second-order valence-electron chi connectivity index (χ2n) is 9.12. The number of nitrogens with one attached hydrogen (secondary N) is 1. The van der Waals surface area contributed by atoms with Crippen molar-refractivity contribution < 1.29 is 59.7 Å². The summed E-state index contributed by atoms with van der Waals surface area (Å²) in [7, 11) is 0. The van der Waals surface area contributed by atoms with E-state index in [-0.39, 0.29) is 6.29 Å². The van der Waals surface area contributed by atoms with Crippen molar-refractivity contribution in [2.24, 2.45) is 0 Å². The maximum Gasteiger partial charge on any atom is 0.327 e. The van der Waals surface area contributed by atoms with Gasteiger partial charge < -0.3 is 50.8 Å². The Balaban J connectivity index is 0.000000358. The molecule has 3 rings (SSSR count). The molecule has 15 heteroatoms. The van der Waals surface area contributed by atoms with E-state index < -0.39 is 82.9 Å². The van der Waals surface area contributed by atoms with Crippen LogP contribution >= 0.6 is 11.8 Å². The smallest absolute Gasteiger partial charge is 0.327 e. The van der Waals surface area contributed by atoms with Gasteiger partial charge in [0.25, 0.3) is 0 Å². The second kappa shape index (κ2) is 12.6. The van der Waals surface area contributed by atoms with Gasteiger partial charge in [0, 0.05) is 4.75 Å². The molecule has 1 unspecified atom stereocenters. The maximum absolute atomic E-state index is 12.5. The van der Waals surface area contributed by atoms with Crippen molar-refractivity contribution in [3.8, 4) is 0 Å². The predicted molar refractivity (Wildman–Crippen MR) is 130 cm³/mol. The fourth-order valence-electron chi connectivity index (χ4n) is 4.05. The Morgan fingerprint density at radius 1 is 1.08 bits per heavy atom. The molecule has 0 aromatic heterocycles. The van der Waals surface area contributed by atoms with Gasteiger partial charge in [-0.05, 0) is 19.4 Å². The standard InChI is InChI=1S/C17H18N2O6S.C6H12O6/c1-17(2)11(16(24)25)19-13(21)10(14(19)26-17)18-12(20)9(15(22)23)8-6-4-3-5-7-8;7-1-3(9)5(11)6(12)4(10)2-8/h3-7,9-11,14H,1-2H3,(H,18,20)(H,22,23)(H,24,25);1,3-6,8-12H,2H2/t9?,10-,11+,14-;3-,4+,5+,6+/m10/s1. The van der Waals surface area contributed by atoms with Gasteiger partial charge in [-0.25, -0.2) is 4.79 Å². The zero-order chi connectivity index (χ0) is 28.9. The Bertz CT molecular complexity index is 1040. The lowest BCUT2D eigenvalue weighted by Crippen LogP contribution is -2.71. The molecule has 0 bridgehead atoms. The van der Waals surface area contributed by atoms with Crippen LogP contribution in [0, 0.1) is 0 Å². The van der Waals surface area contributed by atoms with E-state index in [0.717, 1.165) is 0 Å². The van der Waals surface area contributed by atoms with Crippen LogP contribution in [-0.4, -0.2) is 124 Å². The molecule has 2 aliphatic rings. The van der Waals surface area contributed by atoms with Gasteiger partial charge in [0.05, 0.1) is 6.61 Å². The Hall–Kier alpha value is -3.08. The maximum atomic E-state index is 12.5. The number of rotatable bonds is 10. The molecule has 2 heterocycles. The number of nitrogens with zero attached hydrogens (tertiary/aromatic N) is 1. The summed E-state index contributed by atoms with van der Waals surface area (Å²) in [4.78, 5) is 59.1. The van der Waals surface area contributed by atoms with Crippen LogP contribution in [0.5, 0.6) is 0 Å². The third-order valence-electron chi connectivity index (χ3n) is 6.04. The van der Waals surface area contributed by atoms with Crippen LogP contribution < -0.4 is 5.32 Å². The molecule has 1 aromatic rings. The number of carboxylic acid groups (broad SMARTS) is 2. The molecule has 0 spiro atoms. The number of carbonyl (C=O) groups is 5. The van der Waals surface area contributed by atoms with Crippen LogP contribution in [0.1, 0.15) is 25.3 Å². The van der Waals surface area contributed by atoms with Gasteiger partial charge in [-0.15, -0.1) is 11.8 Å². The normalized spacial score (nSPS) is 25.3. The number of carbonyl (C=O) groups excluding carboxylic acids is 3. The number of hydrogen-bond donors (Lipinski definition) is 8. The van der Waals surface area contributed by atoms with Crippen LogP contribution in [0.2, 0.25) is 0 Å². The fraction of sp³-hybridized carbons (Fsp3) is 0.522. The third-order valence-corrected chi connectivity index (χ3v) is 7.61. The highest BCUT2D eigenvalue weighted by atomic mass is 32.2. The molecule has 2 saturated heterocycles. The molecule has 38 heavy (non-hydrogen) atoms. The number of hydrogen-bond acceptors (Lipinski definition) is 11. The minimum absolute atomic E-state index is 0.0258. The van der Waals surface area contributed by atoms with Crippen LogP contribution in [-0.2, 0) is 24.0 Å². The molecular weight excluding hydrogens is 528 g/mol. The monoisotopic (exact) mass is 558 g/mol. The number of benzene rings is 1. The molecule has 8 N–H and O–H groups in total. The van der Waals surface area contributed by atoms with Crippen molar-refractivity contribution in [1.29, 1.82) is 0 Å². The average molecular weight is 559 g/mol. The number of aliphatic carboxylic acids is 2. The topological polar surface area (TPSA) is 242 Å². The summed E-state index contributed by atoms with van der Waals surface area (Å²) in [5.41, 5.74) is 0.309. The Kier molecular flexibility index (Phi) is 10.4. The van der Waals surface area contributed by atoms with Crippen LogP contribution in [0.25, 0.3) is 0 Å². The van der Waals surface area contributed by atoms with E-state index in [9.17, 15) is 34.2 Å². The van der Waals surface area contributed by atoms with E-state index in [1.807, 2.05) is 0 Å². The van der Waals surface area contributed by atoms with Crippen molar-refractivity contribution in [2.75, 3.05) is 6.61 Å². The molecule has 14 nitrogen and oxygen atoms in total. The van der Waals surface area contributed by atoms with E-state index in [2.05, 4.69) is 5.32 Å². The highest BCUT2D eigenvalue weighted by molar-refractivity contribution is 8.01. The van der Waals surface area contributed by atoms with Crippen molar-refractivity contribution in [3.63, 3.8) is 0 Å². The van der Waals surface area contributed by atoms with Gasteiger partial charge in [-0.3, -0.25) is 14.4 Å². The van der Waals surface area contributed by atoms with E-state index in [0.29, 0.717) is 5.56 Å². The first-order chi connectivity index (χ1) is 17.7. The number of amides is 2. The molecule has 2 amide bonds. The minimum Gasteiger partial charge on any atom is -0.480 e. The Labute approximate surface area is 220 Å². The number of aliphatic hydroxyl groups is 5. The summed E-state index contributed by atoms with van der Waals surface area (Å²) >= 11 is 1.29. The first kappa shape index (κ1) is 31.1. The zero-order valence-corrected chi connectivity index (χ0v) is 21.1. The van der Waals surface area contributed by atoms with Gasteiger partial charge in [0.2, 0.25) is 11.8 Å². The van der Waals surface area contributed by atoms with Crippen molar-refractivity contribution in [1.82, 2.24) is 10.2 Å². The number of fused-ring (bicyclic) bond motifs is 1. The van der Waals surface area contributed by atoms with Crippen LogP contribution in [0.4, 0.5) is 0 Å². The summed E-state index contributed by atoms with van der Waals surface area (Å²) in [6.45, 7) is 2.69. The molecule has 0 aliphatic carbocycles. The summed E-state index contributed by atoms with van der Waals surface area (Å²) in [5.74, 6) is -5.16. The highest BCUT2D eigenvalue weighted by Gasteiger charge is 2.64. The predicted octanol–water partition coefficient (Wildman–Crippen LogP) is -2.89. The van der Waals surface area contributed by atoms with Crippen molar-refractivity contribution in [3.05, 3.63) is 35.9 Å². The lowest BCUT2D eigenvalue weighted by Gasteiger charge is -2.43. The van der Waals surface area contributed by atoms with E-state index >= 15 is 0 Å². The highest BCUT2D eigenvalue weighted by Crippen LogP contribution is 2.50. The first-order valence-corrected chi connectivity index (χ1v) is 12.2. The molecular formula is C23H30N2O12S. The third kappa shape index (κ3) is 6.48. The second-order valence-corrected chi connectivity index (χ2v) is 10.9. The van der Waals surface area contributed by atoms with Gasteiger partial charge in [-0.2, -0.15) is 0 Å². The van der Waals surface area contributed by atoms with E-state index in [1.54, 1.807) is 32.0 Å². The van der Waals surface area contributed by atoms with Gasteiger partial charge in [0.1, 0.15) is 41.9 Å². The summed E-state index contributed by atoms with van der Waals surface area (Å²) in [5, 5.41) is 64.3. The quantitative estimate of drug-likeness (QED) is 0.0818. The number of thioether (sulfide) groups is 1. The summed E-state index contributed by atoms with van der Waals surface area (Å²) < 4.78 is -0.711. The zero-order valence-electron chi connectivity index (χ0n) is 20.3. The Morgan fingerprint density at radius 2 is 1.66 bits per heavy atom. The number of β-lactam (4-membered cyclic amide) rings is 1. The molecule has 2 fully saturated rings. The average Bonchev–Trinajstić information content (AvgIpc) is 3.14. The lowest BCUT2D eigenvalue weighted by atomic mass is 9.94. The molecule has 0 saturated carbocycles. The first-order valence-electron chi connectivity index (χ1n) is 11.3. The summed E-state index contributed by atoms with van der Waals surface area (Å²) in [6.07, 6.45) is -6.84. The SMILES string of the molecule is CC1(C)S[C@@H]2[C@H](NC(=O)C(C(=O)O)c3ccccc3)C(=O)N2[C@H]1C(=O)O.O=C[C@H](O)[C@@H](O)[C@H](O)[C@H](O)CO.